The van der Waals surface area contributed by atoms with Crippen molar-refractivity contribution in [2.24, 2.45) is 0 Å². The van der Waals surface area contributed by atoms with Crippen LogP contribution in [0.25, 0.3) is 33.3 Å². The summed E-state index contributed by atoms with van der Waals surface area (Å²) in [5.41, 5.74) is 6.22. The molecule has 0 amide bonds. The third-order valence-corrected chi connectivity index (χ3v) is 6.98. The molecule has 0 bridgehead atoms. The second kappa shape index (κ2) is 9.07. The van der Waals surface area contributed by atoms with Crippen molar-refractivity contribution in [2.75, 3.05) is 13.7 Å². The normalized spacial score (nSPS) is 15.1. The Morgan fingerprint density at radius 3 is 2.71 bits per heavy atom. The number of nitrogens with zero attached hydrogens (tertiary/aromatic N) is 3. The fourth-order valence-corrected chi connectivity index (χ4v) is 5.32. The Morgan fingerprint density at radius 1 is 1.17 bits per heavy atom. The Hall–Kier alpha value is -3.26. The molecule has 0 atom stereocenters. The van der Waals surface area contributed by atoms with E-state index in [0.29, 0.717) is 26.0 Å². The third-order valence-electron chi connectivity index (χ3n) is 6.98. The Bertz CT molecular complexity index is 1420. The number of aromatic nitrogens is 3. The average Bonchev–Trinajstić information content (AvgIpc) is 3.34. The molecule has 2 aromatic carbocycles. The summed E-state index contributed by atoms with van der Waals surface area (Å²) in [4.78, 5) is 15.9. The van der Waals surface area contributed by atoms with Gasteiger partial charge in [0.25, 0.3) is 5.92 Å². The summed E-state index contributed by atoms with van der Waals surface area (Å²) in [6.07, 6.45) is 0.528. The monoisotopic (exact) mass is 481 g/mol. The maximum Gasteiger partial charge on any atom is 0.303 e. The number of rotatable bonds is 8. The molecule has 2 aromatic heterocycles. The van der Waals surface area contributed by atoms with Gasteiger partial charge in [-0.2, -0.15) is 0 Å². The number of halogens is 2. The zero-order valence-electron chi connectivity index (χ0n) is 20.0. The fourth-order valence-electron chi connectivity index (χ4n) is 5.32. The van der Waals surface area contributed by atoms with Crippen LogP contribution in [-0.4, -0.2) is 44.8 Å². The summed E-state index contributed by atoms with van der Waals surface area (Å²) in [6, 6.07) is 11.9. The van der Waals surface area contributed by atoms with E-state index in [9.17, 15) is 13.6 Å². The van der Waals surface area contributed by atoms with Gasteiger partial charge >= 0.3 is 5.97 Å². The first kappa shape index (κ1) is 23.5. The Labute approximate surface area is 202 Å². The molecule has 1 aliphatic carbocycles. The van der Waals surface area contributed by atoms with Crippen LogP contribution < -0.4 is 0 Å². The molecule has 0 aliphatic heterocycles. The van der Waals surface area contributed by atoms with Crippen LogP contribution in [-0.2, 0) is 41.9 Å². The molecule has 1 aliphatic rings. The van der Waals surface area contributed by atoms with E-state index in [-0.39, 0.29) is 19.3 Å². The Balaban J connectivity index is 1.64. The zero-order chi connectivity index (χ0) is 24.7. The van der Waals surface area contributed by atoms with Crippen molar-refractivity contribution in [1.29, 1.82) is 0 Å². The van der Waals surface area contributed by atoms with Crippen LogP contribution in [0.2, 0.25) is 0 Å². The molecule has 0 saturated heterocycles. The largest absolute Gasteiger partial charge is 0.481 e. The van der Waals surface area contributed by atoms with Gasteiger partial charge in [0.1, 0.15) is 5.82 Å². The van der Waals surface area contributed by atoms with Gasteiger partial charge in [-0.3, -0.25) is 4.79 Å². The van der Waals surface area contributed by atoms with Gasteiger partial charge in [0, 0.05) is 61.6 Å². The summed E-state index contributed by atoms with van der Waals surface area (Å²) in [7, 11) is 1.65. The van der Waals surface area contributed by atoms with Crippen LogP contribution in [0, 0.1) is 0 Å². The van der Waals surface area contributed by atoms with E-state index in [2.05, 4.69) is 9.13 Å². The number of benzene rings is 2. The van der Waals surface area contributed by atoms with E-state index < -0.39 is 11.9 Å². The lowest BCUT2D eigenvalue weighted by Crippen LogP contribution is -2.26. The number of imidazole rings is 1. The number of aliphatic carboxylic acids is 1. The van der Waals surface area contributed by atoms with Crippen LogP contribution in [0.4, 0.5) is 8.78 Å². The van der Waals surface area contributed by atoms with Crippen molar-refractivity contribution in [2.45, 2.75) is 58.0 Å². The standard InChI is InChI=1S/C27H29F2N3O3/c1-3-31-22-8-6-18(15-19(22)20-16-27(28,29)11-10-23(20)31)26-30-21-14-17(5-9-25(33)34)4-7-24(21)32(26)12-13-35-2/h4,6-8,14-15H,3,5,9-13,16H2,1-2H3,(H,33,34). The van der Waals surface area contributed by atoms with Crippen molar-refractivity contribution in [3.63, 3.8) is 0 Å². The number of hydrogen-bond acceptors (Lipinski definition) is 3. The van der Waals surface area contributed by atoms with Crippen molar-refractivity contribution < 1.29 is 23.4 Å². The van der Waals surface area contributed by atoms with Gasteiger partial charge in [-0.15, -0.1) is 0 Å². The number of carboxylic acid groups (broad SMARTS) is 1. The molecule has 4 aromatic rings. The first-order valence-electron chi connectivity index (χ1n) is 12.0. The molecule has 6 nitrogen and oxygen atoms in total. The number of carboxylic acids is 1. The molecule has 35 heavy (non-hydrogen) atoms. The average molecular weight is 482 g/mol. The molecule has 8 heteroatoms. The molecular weight excluding hydrogens is 452 g/mol. The van der Waals surface area contributed by atoms with Gasteiger partial charge in [0.15, 0.2) is 0 Å². The quantitative estimate of drug-likeness (QED) is 0.363. The highest BCUT2D eigenvalue weighted by Crippen LogP contribution is 2.40. The zero-order valence-corrected chi connectivity index (χ0v) is 20.0. The Kier molecular flexibility index (Phi) is 6.09. The van der Waals surface area contributed by atoms with Gasteiger partial charge in [-0.1, -0.05) is 6.07 Å². The second-order valence-corrected chi connectivity index (χ2v) is 9.23. The van der Waals surface area contributed by atoms with Gasteiger partial charge in [-0.05, 0) is 61.2 Å². The van der Waals surface area contributed by atoms with Crippen molar-refractivity contribution >= 4 is 27.9 Å². The fraction of sp³-hybridized carbons (Fsp3) is 0.407. The topological polar surface area (TPSA) is 69.3 Å². The lowest BCUT2D eigenvalue weighted by Gasteiger charge is -2.23. The maximum atomic E-state index is 14.4. The molecule has 0 saturated carbocycles. The number of carbonyl (C=O) groups is 1. The summed E-state index contributed by atoms with van der Waals surface area (Å²) in [5, 5.41) is 9.89. The van der Waals surface area contributed by atoms with E-state index in [1.807, 2.05) is 43.3 Å². The van der Waals surface area contributed by atoms with E-state index >= 15 is 0 Å². The predicted molar refractivity (Wildman–Crippen MR) is 131 cm³/mol. The lowest BCUT2D eigenvalue weighted by atomic mass is 9.92. The number of fused-ring (bicyclic) bond motifs is 4. The maximum absolute atomic E-state index is 14.4. The first-order valence-corrected chi connectivity index (χ1v) is 12.0. The molecule has 0 unspecified atom stereocenters. The third kappa shape index (κ3) is 4.31. The van der Waals surface area contributed by atoms with Crippen LogP contribution in [0.15, 0.2) is 36.4 Å². The van der Waals surface area contributed by atoms with Gasteiger partial charge in [0.05, 0.1) is 17.6 Å². The van der Waals surface area contributed by atoms with E-state index in [1.165, 1.54) is 0 Å². The number of hydrogen-bond donors (Lipinski definition) is 1. The SMILES string of the molecule is CCn1c2c(c3cc(-c4nc5cc(CCC(=O)O)ccc5n4CCOC)ccc31)CC(F)(F)CC2. The van der Waals surface area contributed by atoms with Crippen LogP contribution >= 0.6 is 0 Å². The molecule has 5 rings (SSSR count). The second-order valence-electron chi connectivity index (χ2n) is 9.23. The van der Waals surface area contributed by atoms with Crippen LogP contribution in [0.1, 0.15) is 36.6 Å². The number of alkyl halides is 2. The summed E-state index contributed by atoms with van der Waals surface area (Å²) in [5.74, 6) is -2.78. The number of ether oxygens (including phenoxy) is 1. The highest BCUT2D eigenvalue weighted by atomic mass is 19.3. The summed E-state index contributed by atoms with van der Waals surface area (Å²) >= 11 is 0. The first-order chi connectivity index (χ1) is 16.8. The van der Waals surface area contributed by atoms with Crippen molar-refractivity contribution in [1.82, 2.24) is 14.1 Å². The van der Waals surface area contributed by atoms with Crippen LogP contribution in [0.3, 0.4) is 0 Å². The molecule has 0 radical (unpaired) electrons. The molecule has 0 fully saturated rings. The van der Waals surface area contributed by atoms with Crippen LogP contribution in [0.5, 0.6) is 0 Å². The minimum absolute atomic E-state index is 0.0591. The van der Waals surface area contributed by atoms with Crippen molar-refractivity contribution in [3.8, 4) is 11.4 Å². The lowest BCUT2D eigenvalue weighted by molar-refractivity contribution is -0.136. The minimum Gasteiger partial charge on any atom is -0.481 e. The minimum atomic E-state index is -2.69. The summed E-state index contributed by atoms with van der Waals surface area (Å²) < 4.78 is 38.3. The molecular formula is C27H29F2N3O3. The van der Waals surface area contributed by atoms with Gasteiger partial charge in [-0.25, -0.2) is 13.8 Å². The smallest absolute Gasteiger partial charge is 0.303 e. The highest BCUT2D eigenvalue weighted by Gasteiger charge is 2.37. The number of methoxy groups -OCH3 is 1. The van der Waals surface area contributed by atoms with Gasteiger partial charge < -0.3 is 19.0 Å². The summed E-state index contributed by atoms with van der Waals surface area (Å²) in [6.45, 7) is 3.87. The molecule has 184 valence electrons. The van der Waals surface area contributed by atoms with Crippen molar-refractivity contribution in [3.05, 3.63) is 53.2 Å². The van der Waals surface area contributed by atoms with E-state index in [4.69, 9.17) is 14.8 Å². The van der Waals surface area contributed by atoms with Gasteiger partial charge in [0.2, 0.25) is 0 Å². The molecule has 2 heterocycles. The van der Waals surface area contributed by atoms with E-state index in [0.717, 1.165) is 56.7 Å². The van der Waals surface area contributed by atoms with E-state index in [1.54, 1.807) is 7.11 Å². The number of aryl methyl sites for hydroxylation is 2. The molecule has 0 spiro atoms. The highest BCUT2D eigenvalue weighted by molar-refractivity contribution is 5.91. The molecule has 1 N–H and O–H groups in total. The predicted octanol–water partition coefficient (Wildman–Crippen LogP) is 5.47. The Morgan fingerprint density at radius 2 is 1.97 bits per heavy atom.